The van der Waals surface area contributed by atoms with E-state index in [9.17, 15) is 4.79 Å². The van der Waals surface area contributed by atoms with E-state index in [4.69, 9.17) is 4.74 Å². The number of hydrogen-bond donors (Lipinski definition) is 2. The van der Waals surface area contributed by atoms with Crippen LogP contribution >= 0.6 is 0 Å². The minimum atomic E-state index is -0.199. The van der Waals surface area contributed by atoms with Gasteiger partial charge in [0.15, 0.2) is 5.96 Å². The fraction of sp³-hybridized carbons (Fsp3) is 0.889. The number of likely N-dealkylation sites (tertiary alicyclic amines) is 1. The number of carbonyl (C=O) groups is 1. The molecule has 0 atom stereocenters. The van der Waals surface area contributed by atoms with Crippen LogP contribution < -0.4 is 10.6 Å². The molecule has 0 bridgehead atoms. The SMILES string of the molecule is CCOC(=O)N1CCC(NC(=NC)NCCCCN(C)C(C)C)CC1. The highest BCUT2D eigenvalue weighted by molar-refractivity contribution is 5.80. The lowest BCUT2D eigenvalue weighted by Crippen LogP contribution is -2.50. The Bertz CT molecular complexity index is 406. The number of nitrogens with zero attached hydrogens (tertiary/aromatic N) is 3. The molecular formula is C18H37N5O2. The van der Waals surface area contributed by atoms with Crippen molar-refractivity contribution in [2.24, 2.45) is 4.99 Å². The smallest absolute Gasteiger partial charge is 0.409 e. The van der Waals surface area contributed by atoms with E-state index in [1.807, 2.05) is 6.92 Å². The Morgan fingerprint density at radius 1 is 1.32 bits per heavy atom. The lowest BCUT2D eigenvalue weighted by Gasteiger charge is -2.32. The summed E-state index contributed by atoms with van der Waals surface area (Å²) >= 11 is 0. The second kappa shape index (κ2) is 12.0. The third-order valence-corrected chi connectivity index (χ3v) is 4.70. The van der Waals surface area contributed by atoms with E-state index in [1.54, 1.807) is 11.9 Å². The largest absolute Gasteiger partial charge is 0.450 e. The fourth-order valence-electron chi connectivity index (χ4n) is 2.76. The van der Waals surface area contributed by atoms with Gasteiger partial charge in [-0.25, -0.2) is 4.79 Å². The molecule has 1 rings (SSSR count). The van der Waals surface area contributed by atoms with Crippen LogP contribution in [-0.2, 0) is 4.74 Å². The molecule has 7 nitrogen and oxygen atoms in total. The average Bonchev–Trinajstić information content (AvgIpc) is 2.60. The van der Waals surface area contributed by atoms with Crippen LogP contribution in [0.4, 0.5) is 4.79 Å². The molecule has 2 N–H and O–H groups in total. The molecule has 0 aliphatic carbocycles. The second-order valence-electron chi connectivity index (χ2n) is 6.89. The molecule has 1 aliphatic rings. The number of piperidine rings is 1. The monoisotopic (exact) mass is 355 g/mol. The maximum absolute atomic E-state index is 11.7. The third kappa shape index (κ3) is 8.43. The molecule has 0 aromatic heterocycles. The number of hydrogen-bond acceptors (Lipinski definition) is 4. The highest BCUT2D eigenvalue weighted by Gasteiger charge is 2.23. The molecule has 0 aromatic carbocycles. The van der Waals surface area contributed by atoms with Gasteiger partial charge in [-0.15, -0.1) is 0 Å². The summed E-state index contributed by atoms with van der Waals surface area (Å²) in [6, 6.07) is 0.951. The minimum absolute atomic E-state index is 0.199. The molecule has 1 amide bonds. The van der Waals surface area contributed by atoms with Crippen LogP contribution in [0.2, 0.25) is 0 Å². The van der Waals surface area contributed by atoms with Gasteiger partial charge in [0.25, 0.3) is 0 Å². The minimum Gasteiger partial charge on any atom is -0.450 e. The molecule has 0 aromatic rings. The van der Waals surface area contributed by atoms with Crippen molar-refractivity contribution in [2.75, 3.05) is 46.9 Å². The van der Waals surface area contributed by atoms with Gasteiger partial charge in [0.05, 0.1) is 6.61 Å². The van der Waals surface area contributed by atoms with E-state index < -0.39 is 0 Å². The Morgan fingerprint density at radius 3 is 2.56 bits per heavy atom. The van der Waals surface area contributed by atoms with Gasteiger partial charge in [-0.1, -0.05) is 0 Å². The summed E-state index contributed by atoms with van der Waals surface area (Å²) in [4.78, 5) is 20.2. The lowest BCUT2D eigenvalue weighted by molar-refractivity contribution is 0.0963. The maximum Gasteiger partial charge on any atom is 0.409 e. The summed E-state index contributed by atoms with van der Waals surface area (Å²) in [5, 5.41) is 6.85. The lowest BCUT2D eigenvalue weighted by atomic mass is 10.1. The standard InChI is InChI=1S/C18H37N5O2/c1-6-25-18(24)23-13-9-16(10-14-23)21-17(19-4)20-11-7-8-12-22(5)15(2)3/h15-16H,6-14H2,1-5H3,(H2,19,20,21). The van der Waals surface area contributed by atoms with Gasteiger partial charge in [-0.05, 0) is 60.0 Å². The van der Waals surface area contributed by atoms with Gasteiger partial charge in [-0.2, -0.15) is 0 Å². The Hall–Kier alpha value is -1.50. The molecule has 1 heterocycles. The van der Waals surface area contributed by atoms with Crippen molar-refractivity contribution in [3.63, 3.8) is 0 Å². The van der Waals surface area contributed by atoms with Crippen LogP contribution in [-0.4, -0.2) is 80.8 Å². The number of carbonyl (C=O) groups excluding carboxylic acids is 1. The first kappa shape index (κ1) is 21.5. The van der Waals surface area contributed by atoms with E-state index in [-0.39, 0.29) is 6.09 Å². The third-order valence-electron chi connectivity index (χ3n) is 4.70. The first-order valence-electron chi connectivity index (χ1n) is 9.57. The van der Waals surface area contributed by atoms with Gasteiger partial charge in [0.2, 0.25) is 0 Å². The number of guanidine groups is 1. The molecule has 1 aliphatic heterocycles. The Balaban J connectivity index is 2.19. The predicted octanol–water partition coefficient (Wildman–Crippen LogP) is 1.89. The molecule has 0 spiro atoms. The zero-order valence-corrected chi connectivity index (χ0v) is 16.7. The number of unbranched alkanes of at least 4 members (excludes halogenated alkanes) is 1. The first-order chi connectivity index (χ1) is 12.0. The van der Waals surface area contributed by atoms with Gasteiger partial charge in [0.1, 0.15) is 0 Å². The van der Waals surface area contributed by atoms with Crippen LogP contribution in [0, 0.1) is 0 Å². The van der Waals surface area contributed by atoms with Crippen LogP contribution in [0.15, 0.2) is 4.99 Å². The van der Waals surface area contributed by atoms with E-state index in [0.29, 0.717) is 18.7 Å². The Kier molecular flexibility index (Phi) is 10.3. The Morgan fingerprint density at radius 2 is 2.00 bits per heavy atom. The molecular weight excluding hydrogens is 318 g/mol. The summed E-state index contributed by atoms with van der Waals surface area (Å²) in [7, 11) is 3.97. The quantitative estimate of drug-likeness (QED) is 0.395. The summed E-state index contributed by atoms with van der Waals surface area (Å²) in [5.41, 5.74) is 0. The van der Waals surface area contributed by atoms with Gasteiger partial charge in [-0.3, -0.25) is 4.99 Å². The zero-order valence-electron chi connectivity index (χ0n) is 16.7. The maximum atomic E-state index is 11.7. The van der Waals surface area contributed by atoms with Crippen LogP contribution in [0.25, 0.3) is 0 Å². The van der Waals surface area contributed by atoms with Gasteiger partial charge >= 0.3 is 6.09 Å². The van der Waals surface area contributed by atoms with Gasteiger partial charge in [0, 0.05) is 38.8 Å². The number of nitrogens with one attached hydrogen (secondary N) is 2. The highest BCUT2D eigenvalue weighted by Crippen LogP contribution is 2.11. The summed E-state index contributed by atoms with van der Waals surface area (Å²) < 4.78 is 5.05. The van der Waals surface area contributed by atoms with Crippen molar-refractivity contribution >= 4 is 12.1 Å². The van der Waals surface area contributed by atoms with Crippen molar-refractivity contribution < 1.29 is 9.53 Å². The predicted molar refractivity (Wildman–Crippen MR) is 103 cm³/mol. The van der Waals surface area contributed by atoms with Crippen LogP contribution in [0.3, 0.4) is 0 Å². The number of rotatable bonds is 8. The van der Waals surface area contributed by atoms with E-state index in [2.05, 4.69) is 41.4 Å². The zero-order chi connectivity index (χ0) is 18.7. The molecule has 146 valence electrons. The first-order valence-corrected chi connectivity index (χ1v) is 9.57. The average molecular weight is 356 g/mol. The molecule has 25 heavy (non-hydrogen) atoms. The van der Waals surface area contributed by atoms with Crippen molar-refractivity contribution in [3.05, 3.63) is 0 Å². The molecule has 7 heteroatoms. The summed E-state index contributed by atoms with van der Waals surface area (Å²) in [6.07, 6.45) is 3.93. The molecule has 0 unspecified atom stereocenters. The normalized spacial score (nSPS) is 16.4. The summed E-state index contributed by atoms with van der Waals surface area (Å²) in [6.45, 7) is 10.2. The summed E-state index contributed by atoms with van der Waals surface area (Å²) in [5.74, 6) is 0.854. The molecule has 1 fully saturated rings. The van der Waals surface area contributed by atoms with E-state index in [1.165, 1.54) is 6.42 Å². The van der Waals surface area contributed by atoms with Crippen molar-refractivity contribution in [2.45, 2.75) is 58.5 Å². The van der Waals surface area contributed by atoms with Crippen molar-refractivity contribution in [1.29, 1.82) is 0 Å². The van der Waals surface area contributed by atoms with E-state index >= 15 is 0 Å². The number of aliphatic imine (C=N–C) groups is 1. The second-order valence-corrected chi connectivity index (χ2v) is 6.89. The number of ether oxygens (including phenoxy) is 1. The topological polar surface area (TPSA) is 69.2 Å². The number of amides is 1. The Labute approximate surface area is 153 Å². The van der Waals surface area contributed by atoms with Crippen LogP contribution in [0.5, 0.6) is 0 Å². The molecule has 1 saturated heterocycles. The highest BCUT2D eigenvalue weighted by atomic mass is 16.6. The fourth-order valence-corrected chi connectivity index (χ4v) is 2.76. The molecule has 0 radical (unpaired) electrons. The van der Waals surface area contributed by atoms with Crippen molar-refractivity contribution in [3.8, 4) is 0 Å². The van der Waals surface area contributed by atoms with E-state index in [0.717, 1.165) is 51.4 Å². The van der Waals surface area contributed by atoms with Crippen molar-refractivity contribution in [1.82, 2.24) is 20.4 Å². The molecule has 0 saturated carbocycles. The van der Waals surface area contributed by atoms with Gasteiger partial charge < -0.3 is 25.2 Å². The van der Waals surface area contributed by atoms with Crippen LogP contribution in [0.1, 0.15) is 46.5 Å².